The van der Waals surface area contributed by atoms with Crippen molar-refractivity contribution in [3.05, 3.63) is 29.8 Å². The normalized spacial score (nSPS) is 22.3. The molecule has 1 saturated carbocycles. The van der Waals surface area contributed by atoms with Crippen LogP contribution in [0.15, 0.2) is 24.3 Å². The van der Waals surface area contributed by atoms with Crippen molar-refractivity contribution in [3.63, 3.8) is 0 Å². The fraction of sp³-hybridized carbons (Fsp3) is 0.600. The summed E-state index contributed by atoms with van der Waals surface area (Å²) in [4.78, 5) is 29.1. The van der Waals surface area contributed by atoms with Crippen molar-refractivity contribution in [2.75, 3.05) is 39.8 Å². The van der Waals surface area contributed by atoms with Gasteiger partial charge in [-0.25, -0.2) is 0 Å². The Hall–Kier alpha value is -1.79. The Kier molecular flexibility index (Phi) is 7.92. The highest BCUT2D eigenvalue weighted by Gasteiger charge is 2.36. The summed E-state index contributed by atoms with van der Waals surface area (Å²) in [5.74, 6) is 1.51. The number of hydrogen-bond acceptors (Lipinski definition) is 4. The molecule has 2 aliphatic rings. The lowest BCUT2D eigenvalue weighted by Crippen LogP contribution is -2.52. The summed E-state index contributed by atoms with van der Waals surface area (Å²) in [5, 5.41) is 0. The molecule has 2 atom stereocenters. The summed E-state index contributed by atoms with van der Waals surface area (Å²) in [6, 6.07) is 7.60. The predicted molar refractivity (Wildman–Crippen MR) is 107 cm³/mol. The molecule has 1 saturated heterocycles. The number of halogens is 1. The summed E-state index contributed by atoms with van der Waals surface area (Å²) >= 11 is 0. The van der Waals surface area contributed by atoms with Gasteiger partial charge in [0.1, 0.15) is 5.75 Å². The van der Waals surface area contributed by atoms with Gasteiger partial charge in [-0.1, -0.05) is 18.6 Å². The SMILES string of the molecule is COc1cccc(CC(=O)N2CCN(C(=O)[C@@H]3CCC[C@@H]3CN)CC2)c1.Cl. The van der Waals surface area contributed by atoms with E-state index in [1.165, 1.54) is 0 Å². The molecule has 0 spiro atoms. The first-order valence-corrected chi connectivity index (χ1v) is 9.52. The van der Waals surface area contributed by atoms with Crippen molar-refractivity contribution in [2.24, 2.45) is 17.6 Å². The first-order valence-electron chi connectivity index (χ1n) is 9.52. The maximum absolute atomic E-state index is 12.8. The molecule has 0 radical (unpaired) electrons. The first-order chi connectivity index (χ1) is 12.6. The third-order valence-corrected chi connectivity index (χ3v) is 5.71. The van der Waals surface area contributed by atoms with Crippen molar-refractivity contribution in [1.82, 2.24) is 9.80 Å². The van der Waals surface area contributed by atoms with E-state index in [0.29, 0.717) is 45.1 Å². The Morgan fingerprint density at radius 1 is 1.15 bits per heavy atom. The van der Waals surface area contributed by atoms with E-state index in [1.54, 1.807) is 7.11 Å². The fourth-order valence-corrected chi connectivity index (χ4v) is 4.12. The molecule has 1 heterocycles. The number of methoxy groups -OCH3 is 1. The van der Waals surface area contributed by atoms with Crippen molar-refractivity contribution in [1.29, 1.82) is 0 Å². The standard InChI is InChI=1S/C20H29N3O3.ClH/c1-26-17-6-2-4-15(12-17)13-19(24)22-8-10-23(11-9-22)20(25)18-7-3-5-16(18)14-21;/h2,4,6,12,16,18H,3,5,7-11,13-14,21H2,1H3;1H/t16-,18-;/m1./s1. The average Bonchev–Trinajstić information content (AvgIpc) is 3.16. The molecule has 27 heavy (non-hydrogen) atoms. The molecule has 2 fully saturated rings. The van der Waals surface area contributed by atoms with Crippen molar-refractivity contribution >= 4 is 24.2 Å². The summed E-state index contributed by atoms with van der Waals surface area (Å²) in [5.41, 5.74) is 6.76. The average molecular weight is 396 g/mol. The molecular formula is C20H30ClN3O3. The summed E-state index contributed by atoms with van der Waals surface area (Å²) < 4.78 is 5.21. The second-order valence-corrected chi connectivity index (χ2v) is 7.27. The number of amides is 2. The number of piperazine rings is 1. The van der Waals surface area contributed by atoms with Crippen molar-refractivity contribution in [2.45, 2.75) is 25.7 Å². The number of hydrogen-bond donors (Lipinski definition) is 1. The molecule has 2 N–H and O–H groups in total. The van der Waals surface area contributed by atoms with Gasteiger partial charge in [-0.3, -0.25) is 9.59 Å². The van der Waals surface area contributed by atoms with Gasteiger partial charge in [0.2, 0.25) is 11.8 Å². The quantitative estimate of drug-likeness (QED) is 0.823. The molecule has 0 aromatic heterocycles. The second-order valence-electron chi connectivity index (χ2n) is 7.27. The van der Waals surface area contributed by atoms with Crippen LogP contribution in [0, 0.1) is 11.8 Å². The van der Waals surface area contributed by atoms with E-state index >= 15 is 0 Å². The summed E-state index contributed by atoms with van der Waals surface area (Å²) in [6.07, 6.45) is 3.47. The van der Waals surface area contributed by atoms with Gasteiger partial charge < -0.3 is 20.3 Å². The van der Waals surface area contributed by atoms with Crippen LogP contribution in [-0.4, -0.2) is 61.4 Å². The summed E-state index contributed by atoms with van der Waals surface area (Å²) in [7, 11) is 1.62. The van der Waals surface area contributed by atoms with Crippen LogP contribution in [0.4, 0.5) is 0 Å². The van der Waals surface area contributed by atoms with E-state index in [0.717, 1.165) is 30.6 Å². The van der Waals surface area contributed by atoms with E-state index < -0.39 is 0 Å². The van der Waals surface area contributed by atoms with Crippen LogP contribution in [0.2, 0.25) is 0 Å². The van der Waals surface area contributed by atoms with Gasteiger partial charge in [-0.05, 0) is 43.0 Å². The van der Waals surface area contributed by atoms with E-state index in [9.17, 15) is 9.59 Å². The number of nitrogens with two attached hydrogens (primary N) is 1. The first kappa shape index (κ1) is 21.5. The molecular weight excluding hydrogens is 366 g/mol. The summed E-state index contributed by atoms with van der Waals surface area (Å²) in [6.45, 7) is 3.05. The molecule has 0 unspecified atom stereocenters. The lowest BCUT2D eigenvalue weighted by atomic mass is 9.94. The molecule has 1 aromatic carbocycles. The van der Waals surface area contributed by atoms with Gasteiger partial charge in [0.25, 0.3) is 0 Å². The highest BCUT2D eigenvalue weighted by molar-refractivity contribution is 5.85. The molecule has 2 amide bonds. The molecule has 7 heteroatoms. The third-order valence-electron chi connectivity index (χ3n) is 5.71. The number of rotatable bonds is 5. The number of ether oxygens (including phenoxy) is 1. The Morgan fingerprint density at radius 2 is 1.85 bits per heavy atom. The highest BCUT2D eigenvalue weighted by atomic mass is 35.5. The third kappa shape index (κ3) is 5.14. The largest absolute Gasteiger partial charge is 0.497 e. The van der Waals surface area contributed by atoms with Gasteiger partial charge in [-0.2, -0.15) is 0 Å². The molecule has 0 bridgehead atoms. The highest BCUT2D eigenvalue weighted by Crippen LogP contribution is 2.32. The van der Waals surface area contributed by atoms with Gasteiger partial charge in [-0.15, -0.1) is 12.4 Å². The molecule has 1 aliphatic heterocycles. The minimum Gasteiger partial charge on any atom is -0.497 e. The van der Waals surface area contributed by atoms with E-state index in [-0.39, 0.29) is 30.1 Å². The van der Waals surface area contributed by atoms with Gasteiger partial charge in [0.05, 0.1) is 13.5 Å². The van der Waals surface area contributed by atoms with Crippen LogP contribution < -0.4 is 10.5 Å². The van der Waals surface area contributed by atoms with Gasteiger partial charge >= 0.3 is 0 Å². The number of carbonyl (C=O) groups excluding carboxylic acids is 2. The van der Waals surface area contributed by atoms with Gasteiger partial charge in [0.15, 0.2) is 0 Å². The van der Waals surface area contributed by atoms with Crippen LogP contribution in [-0.2, 0) is 16.0 Å². The number of benzene rings is 1. The lowest BCUT2D eigenvalue weighted by molar-refractivity contribution is -0.142. The Morgan fingerprint density at radius 3 is 2.52 bits per heavy atom. The Labute approximate surface area is 167 Å². The zero-order valence-corrected chi connectivity index (χ0v) is 16.7. The van der Waals surface area contributed by atoms with Crippen molar-refractivity contribution < 1.29 is 14.3 Å². The molecule has 1 aromatic rings. The zero-order chi connectivity index (χ0) is 18.5. The fourth-order valence-electron chi connectivity index (χ4n) is 4.12. The van der Waals surface area contributed by atoms with Crippen molar-refractivity contribution in [3.8, 4) is 5.75 Å². The minimum absolute atomic E-state index is 0. The van der Waals surface area contributed by atoms with Crippen LogP contribution >= 0.6 is 12.4 Å². The lowest BCUT2D eigenvalue weighted by Gasteiger charge is -2.36. The topological polar surface area (TPSA) is 75.9 Å². The molecule has 6 nitrogen and oxygen atoms in total. The monoisotopic (exact) mass is 395 g/mol. The van der Waals surface area contributed by atoms with Crippen LogP contribution in [0.25, 0.3) is 0 Å². The second kappa shape index (κ2) is 9.95. The minimum atomic E-state index is 0. The van der Waals surface area contributed by atoms with E-state index in [4.69, 9.17) is 10.5 Å². The number of nitrogens with zero attached hydrogens (tertiary/aromatic N) is 2. The molecule has 1 aliphatic carbocycles. The zero-order valence-electron chi connectivity index (χ0n) is 15.9. The van der Waals surface area contributed by atoms with E-state index in [1.807, 2.05) is 34.1 Å². The van der Waals surface area contributed by atoms with Crippen LogP contribution in [0.3, 0.4) is 0 Å². The van der Waals surface area contributed by atoms with Crippen LogP contribution in [0.5, 0.6) is 5.75 Å². The van der Waals surface area contributed by atoms with E-state index in [2.05, 4.69) is 0 Å². The Balaban J connectivity index is 0.00000261. The van der Waals surface area contributed by atoms with Crippen LogP contribution in [0.1, 0.15) is 24.8 Å². The Bertz CT molecular complexity index is 647. The maximum atomic E-state index is 12.8. The number of carbonyl (C=O) groups is 2. The predicted octanol–water partition coefficient (Wildman–Crippen LogP) is 1.71. The maximum Gasteiger partial charge on any atom is 0.227 e. The molecule has 150 valence electrons. The van der Waals surface area contributed by atoms with Gasteiger partial charge in [0, 0.05) is 32.1 Å². The smallest absolute Gasteiger partial charge is 0.227 e. The molecule has 3 rings (SSSR count).